The van der Waals surface area contributed by atoms with E-state index < -0.39 is 17.6 Å². The van der Waals surface area contributed by atoms with Crippen molar-refractivity contribution in [3.05, 3.63) is 23.8 Å². The summed E-state index contributed by atoms with van der Waals surface area (Å²) in [5.41, 5.74) is -0.00717. The van der Waals surface area contributed by atoms with Crippen molar-refractivity contribution in [3.63, 3.8) is 0 Å². The van der Waals surface area contributed by atoms with Gasteiger partial charge in [0.15, 0.2) is 0 Å². The van der Waals surface area contributed by atoms with Crippen LogP contribution in [0.1, 0.15) is 37.7 Å². The number of alkyl halides is 3. The molecule has 3 heterocycles. The molecule has 2 aromatic rings. The molecule has 32 heavy (non-hydrogen) atoms. The molecular weight excluding hydrogens is 445 g/mol. The Balaban J connectivity index is 1.43. The van der Waals surface area contributed by atoms with Gasteiger partial charge in [0.2, 0.25) is 11.1 Å². The Kier molecular flexibility index (Phi) is 7.19. The minimum Gasteiger partial charge on any atom is -0.376 e. The summed E-state index contributed by atoms with van der Waals surface area (Å²) >= 11 is 1.14. The summed E-state index contributed by atoms with van der Waals surface area (Å²) in [6.45, 7) is 2.72. The van der Waals surface area contributed by atoms with E-state index in [4.69, 9.17) is 4.74 Å². The Morgan fingerprint density at radius 2 is 2.03 bits per heavy atom. The van der Waals surface area contributed by atoms with Crippen molar-refractivity contribution in [2.24, 2.45) is 0 Å². The number of halogens is 3. The first-order valence-electron chi connectivity index (χ1n) is 10.7. The molecule has 0 unspecified atom stereocenters. The molecule has 1 atom stereocenters. The van der Waals surface area contributed by atoms with Crippen molar-refractivity contribution in [3.8, 4) is 0 Å². The summed E-state index contributed by atoms with van der Waals surface area (Å²) in [6, 6.07) is 3.51. The number of anilines is 2. The van der Waals surface area contributed by atoms with Gasteiger partial charge < -0.3 is 15.0 Å². The van der Waals surface area contributed by atoms with Crippen molar-refractivity contribution < 1.29 is 22.7 Å². The highest BCUT2D eigenvalue weighted by Gasteiger charge is 2.32. The normalized spacial score (nSPS) is 19.3. The molecule has 0 radical (unpaired) electrons. The summed E-state index contributed by atoms with van der Waals surface area (Å²) < 4.78 is 47.0. The maximum Gasteiger partial charge on any atom is 0.416 e. The molecule has 174 valence electrons. The predicted molar refractivity (Wildman–Crippen MR) is 114 cm³/mol. The lowest BCUT2D eigenvalue weighted by molar-refractivity contribution is -0.137. The van der Waals surface area contributed by atoms with E-state index in [1.54, 1.807) is 4.68 Å². The summed E-state index contributed by atoms with van der Waals surface area (Å²) in [5, 5.41) is 14.7. The van der Waals surface area contributed by atoms with Gasteiger partial charge in [0.05, 0.1) is 35.3 Å². The standard InChI is InChI=1S/C20H25F3N6O2S/c21-20(22,23)14-6-7-17(28-8-2-1-3-9-28)16(11-14)24-18(30)13-32-19-25-26-27-29(19)12-15-5-4-10-31-15/h6-7,11,15H,1-5,8-10,12-13H2,(H,24,30)/t15-/m1/s1. The van der Waals surface area contributed by atoms with Gasteiger partial charge in [0.25, 0.3) is 0 Å². The SMILES string of the molecule is O=C(CSc1nnnn1C[C@H]1CCCO1)Nc1cc(C(F)(F)F)ccc1N1CCCCC1. The monoisotopic (exact) mass is 470 g/mol. The third-order valence-electron chi connectivity index (χ3n) is 5.53. The average Bonchev–Trinajstić information content (AvgIpc) is 3.45. The zero-order valence-electron chi connectivity index (χ0n) is 17.5. The van der Waals surface area contributed by atoms with Gasteiger partial charge in [-0.1, -0.05) is 11.8 Å². The average molecular weight is 471 g/mol. The zero-order valence-corrected chi connectivity index (χ0v) is 18.3. The molecule has 1 amide bonds. The Bertz CT molecular complexity index is 926. The lowest BCUT2D eigenvalue weighted by Gasteiger charge is -2.31. The van der Waals surface area contributed by atoms with Gasteiger partial charge in [0.1, 0.15) is 0 Å². The van der Waals surface area contributed by atoms with Crippen molar-refractivity contribution in [2.45, 2.75) is 56.1 Å². The van der Waals surface area contributed by atoms with Crippen LogP contribution in [0.2, 0.25) is 0 Å². The second-order valence-corrected chi connectivity index (χ2v) is 8.84. The molecule has 12 heteroatoms. The van der Waals surface area contributed by atoms with Crippen molar-refractivity contribution in [2.75, 3.05) is 35.7 Å². The van der Waals surface area contributed by atoms with E-state index in [-0.39, 0.29) is 17.5 Å². The van der Waals surface area contributed by atoms with Gasteiger partial charge in [-0.05, 0) is 60.7 Å². The first-order chi connectivity index (χ1) is 15.4. The van der Waals surface area contributed by atoms with Gasteiger partial charge in [-0.25, -0.2) is 4.68 Å². The first kappa shape index (κ1) is 22.8. The number of hydrogen-bond donors (Lipinski definition) is 1. The Morgan fingerprint density at radius 3 is 2.75 bits per heavy atom. The van der Waals surface area contributed by atoms with E-state index >= 15 is 0 Å². The fourth-order valence-corrected chi connectivity index (χ4v) is 4.62. The van der Waals surface area contributed by atoms with Crippen LogP contribution in [0, 0.1) is 0 Å². The fraction of sp³-hybridized carbons (Fsp3) is 0.600. The van der Waals surface area contributed by atoms with E-state index in [0.29, 0.717) is 24.0 Å². The Morgan fingerprint density at radius 1 is 1.22 bits per heavy atom. The lowest BCUT2D eigenvalue weighted by Crippen LogP contribution is -2.30. The molecule has 8 nitrogen and oxygen atoms in total. The molecule has 1 aromatic carbocycles. The van der Waals surface area contributed by atoms with Crippen LogP contribution in [-0.2, 0) is 22.3 Å². The second kappa shape index (κ2) is 10.1. The van der Waals surface area contributed by atoms with Gasteiger partial charge >= 0.3 is 6.18 Å². The van der Waals surface area contributed by atoms with Crippen molar-refractivity contribution in [1.29, 1.82) is 0 Å². The number of amides is 1. The van der Waals surface area contributed by atoms with E-state index in [2.05, 4.69) is 20.8 Å². The lowest BCUT2D eigenvalue weighted by atomic mass is 10.1. The number of carbonyl (C=O) groups excluding carboxylic acids is 1. The summed E-state index contributed by atoms with van der Waals surface area (Å²) in [6.07, 6.45) is 0.515. The minimum atomic E-state index is -4.49. The van der Waals surface area contributed by atoms with Crippen LogP contribution in [0.3, 0.4) is 0 Å². The van der Waals surface area contributed by atoms with Gasteiger partial charge in [0, 0.05) is 19.7 Å². The number of nitrogens with zero attached hydrogens (tertiary/aromatic N) is 5. The number of hydrogen-bond acceptors (Lipinski definition) is 7. The number of tetrazole rings is 1. The topological polar surface area (TPSA) is 85.2 Å². The number of ether oxygens (including phenoxy) is 1. The van der Waals surface area contributed by atoms with E-state index in [0.717, 1.165) is 69.1 Å². The Labute approximate surface area is 187 Å². The van der Waals surface area contributed by atoms with Crippen LogP contribution in [0.15, 0.2) is 23.4 Å². The molecule has 2 fully saturated rings. The largest absolute Gasteiger partial charge is 0.416 e. The highest BCUT2D eigenvalue weighted by Crippen LogP contribution is 2.36. The number of thioether (sulfide) groups is 1. The summed E-state index contributed by atoms with van der Waals surface area (Å²) in [5.74, 6) is -0.444. The van der Waals surface area contributed by atoms with Crippen LogP contribution < -0.4 is 10.2 Å². The molecule has 2 saturated heterocycles. The smallest absolute Gasteiger partial charge is 0.376 e. The number of aromatic nitrogens is 4. The fourth-order valence-electron chi connectivity index (χ4n) is 3.94. The third-order valence-corrected chi connectivity index (χ3v) is 6.48. The predicted octanol–water partition coefficient (Wildman–Crippen LogP) is 3.59. The maximum absolute atomic E-state index is 13.3. The van der Waals surface area contributed by atoms with Crippen LogP contribution in [0.5, 0.6) is 0 Å². The molecule has 0 aliphatic carbocycles. The van der Waals surface area contributed by atoms with Crippen LogP contribution in [-0.4, -0.2) is 57.7 Å². The second-order valence-electron chi connectivity index (χ2n) is 7.89. The molecule has 0 bridgehead atoms. The molecular formula is C20H25F3N6O2S. The molecule has 1 N–H and O–H groups in total. The maximum atomic E-state index is 13.3. The number of carbonyl (C=O) groups is 1. The summed E-state index contributed by atoms with van der Waals surface area (Å²) in [7, 11) is 0. The van der Waals surface area contributed by atoms with Crippen molar-refractivity contribution >= 4 is 29.0 Å². The van der Waals surface area contributed by atoms with E-state index in [1.807, 2.05) is 4.90 Å². The van der Waals surface area contributed by atoms with E-state index in [1.165, 1.54) is 6.07 Å². The number of piperidine rings is 1. The van der Waals surface area contributed by atoms with Crippen molar-refractivity contribution in [1.82, 2.24) is 20.2 Å². The van der Waals surface area contributed by atoms with Crippen LogP contribution >= 0.6 is 11.8 Å². The third kappa shape index (κ3) is 5.71. The highest BCUT2D eigenvalue weighted by atomic mass is 32.2. The zero-order chi connectivity index (χ0) is 22.6. The quantitative estimate of drug-likeness (QED) is 0.619. The molecule has 2 aliphatic heterocycles. The molecule has 2 aliphatic rings. The van der Waals surface area contributed by atoms with Crippen LogP contribution in [0.25, 0.3) is 0 Å². The number of rotatable bonds is 7. The van der Waals surface area contributed by atoms with Crippen LogP contribution in [0.4, 0.5) is 24.5 Å². The minimum absolute atomic E-state index is 0.0262. The molecule has 0 saturated carbocycles. The van der Waals surface area contributed by atoms with Gasteiger partial charge in [-0.2, -0.15) is 13.2 Å². The number of benzene rings is 1. The molecule has 4 rings (SSSR count). The van der Waals surface area contributed by atoms with Gasteiger partial charge in [-0.15, -0.1) is 5.10 Å². The Hall–Kier alpha value is -2.34. The highest BCUT2D eigenvalue weighted by molar-refractivity contribution is 7.99. The summed E-state index contributed by atoms with van der Waals surface area (Å²) in [4.78, 5) is 14.6. The molecule has 0 spiro atoms. The molecule has 1 aromatic heterocycles. The van der Waals surface area contributed by atoms with Gasteiger partial charge in [-0.3, -0.25) is 4.79 Å². The number of nitrogens with one attached hydrogen (secondary N) is 1. The first-order valence-corrected chi connectivity index (χ1v) is 11.7. The van der Waals surface area contributed by atoms with E-state index in [9.17, 15) is 18.0 Å².